The van der Waals surface area contributed by atoms with Crippen molar-refractivity contribution in [1.82, 2.24) is 5.32 Å². The van der Waals surface area contributed by atoms with E-state index in [4.69, 9.17) is 9.84 Å². The van der Waals surface area contributed by atoms with Gasteiger partial charge in [0.2, 0.25) is 0 Å². The first-order chi connectivity index (χ1) is 5.69. The predicted molar refractivity (Wildman–Crippen MR) is 41.5 cm³/mol. The lowest BCUT2D eigenvalue weighted by molar-refractivity contribution is -0.000752. The van der Waals surface area contributed by atoms with E-state index in [0.29, 0.717) is 6.54 Å². The van der Waals surface area contributed by atoms with Crippen molar-refractivity contribution in [2.24, 2.45) is 5.41 Å². The van der Waals surface area contributed by atoms with Gasteiger partial charge in [0.15, 0.2) is 0 Å². The highest BCUT2D eigenvalue weighted by molar-refractivity contribution is 5.70. The van der Waals surface area contributed by atoms with Gasteiger partial charge in [-0.2, -0.15) is 0 Å². The summed E-state index contributed by atoms with van der Waals surface area (Å²) in [7, 11) is 0. The van der Waals surface area contributed by atoms with Gasteiger partial charge in [-0.3, -0.25) is 0 Å². The number of cyclic esters (lactones) is 1. The normalized spacial score (nSPS) is 38.7. The second-order valence-electron chi connectivity index (χ2n) is 3.30. The van der Waals surface area contributed by atoms with Gasteiger partial charge in [-0.25, -0.2) is 4.79 Å². The molecule has 1 aliphatic heterocycles. The van der Waals surface area contributed by atoms with Crippen LogP contribution in [0.1, 0.15) is 6.92 Å². The van der Waals surface area contributed by atoms with Gasteiger partial charge >= 0.3 is 6.09 Å². The average Bonchev–Trinajstić information content (AvgIpc) is 2.69. The van der Waals surface area contributed by atoms with Crippen LogP contribution in [0.2, 0.25) is 0 Å². The Balaban J connectivity index is 2.11. The van der Waals surface area contributed by atoms with Crippen LogP contribution in [-0.2, 0) is 4.74 Å². The minimum Gasteiger partial charge on any atom is -0.442 e. The molecule has 1 spiro atoms. The van der Waals surface area contributed by atoms with Crippen LogP contribution in [0.4, 0.5) is 4.79 Å². The molecule has 2 atom stereocenters. The van der Waals surface area contributed by atoms with Crippen LogP contribution in [-0.4, -0.2) is 30.5 Å². The Kier molecular flexibility index (Phi) is 1.41. The molecule has 66 valence electrons. The van der Waals surface area contributed by atoms with Gasteiger partial charge in [0.05, 0.1) is 12.0 Å². The summed E-state index contributed by atoms with van der Waals surface area (Å²) in [6.45, 7) is 2.42. The van der Waals surface area contributed by atoms with E-state index < -0.39 is 6.09 Å². The number of carbonyl (C=O) groups excluding carboxylic acids is 1. The fraction of sp³-hybridized carbons (Fsp3) is 0.625. The first-order valence-electron chi connectivity index (χ1n) is 3.94. The smallest absolute Gasteiger partial charge is 0.407 e. The fourth-order valence-electron chi connectivity index (χ4n) is 1.70. The largest absolute Gasteiger partial charge is 0.442 e. The van der Waals surface area contributed by atoms with Crippen molar-refractivity contribution < 1.29 is 14.6 Å². The van der Waals surface area contributed by atoms with Gasteiger partial charge in [0, 0.05) is 6.54 Å². The number of carbonyl (C=O) groups is 1. The molecular weight excluding hydrogens is 158 g/mol. The van der Waals surface area contributed by atoms with E-state index in [9.17, 15) is 4.79 Å². The van der Waals surface area contributed by atoms with Gasteiger partial charge in [0.25, 0.3) is 0 Å². The lowest BCUT2D eigenvalue weighted by atomic mass is 9.92. The predicted octanol–water partition coefficient (Wildman–Crippen LogP) is 0.0334. The molecule has 12 heavy (non-hydrogen) atoms. The number of aliphatic hydroxyl groups is 1. The Morgan fingerprint density at radius 1 is 1.92 bits per heavy atom. The molecule has 1 fully saturated rings. The molecule has 2 rings (SSSR count). The fourth-order valence-corrected chi connectivity index (χ4v) is 1.70. The summed E-state index contributed by atoms with van der Waals surface area (Å²) in [5, 5.41) is 11.6. The zero-order valence-electron chi connectivity index (χ0n) is 6.83. The minimum absolute atomic E-state index is 0.110. The molecule has 1 amide bonds. The van der Waals surface area contributed by atoms with Crippen LogP contribution in [0.25, 0.3) is 0 Å². The Labute approximate surface area is 70.2 Å². The summed E-state index contributed by atoms with van der Waals surface area (Å²) in [6, 6.07) is 0. The molecule has 0 aromatic carbocycles. The summed E-state index contributed by atoms with van der Waals surface area (Å²) in [4.78, 5) is 10.8. The van der Waals surface area contributed by atoms with Crippen LogP contribution in [0.3, 0.4) is 0 Å². The Bertz CT molecular complexity index is 261. The van der Waals surface area contributed by atoms with Crippen molar-refractivity contribution in [2.75, 3.05) is 13.2 Å². The lowest BCUT2D eigenvalue weighted by Crippen LogP contribution is -2.49. The van der Waals surface area contributed by atoms with Crippen LogP contribution in [0.5, 0.6) is 0 Å². The molecule has 0 bridgehead atoms. The molecule has 2 aliphatic rings. The Morgan fingerprint density at radius 3 is 3.08 bits per heavy atom. The van der Waals surface area contributed by atoms with E-state index in [1.165, 1.54) is 5.57 Å². The molecule has 2 N–H and O–H groups in total. The third-order valence-electron chi connectivity index (χ3n) is 2.64. The van der Waals surface area contributed by atoms with Gasteiger partial charge in [-0.05, 0) is 6.92 Å². The molecule has 1 saturated heterocycles. The highest BCUT2D eigenvalue weighted by atomic mass is 16.6. The highest BCUT2D eigenvalue weighted by Crippen LogP contribution is 2.48. The van der Waals surface area contributed by atoms with Gasteiger partial charge in [0.1, 0.15) is 6.10 Å². The number of nitrogens with one attached hydrogen (secondary N) is 1. The van der Waals surface area contributed by atoms with E-state index in [1.54, 1.807) is 0 Å². The van der Waals surface area contributed by atoms with E-state index in [2.05, 4.69) is 5.32 Å². The summed E-state index contributed by atoms with van der Waals surface area (Å²) in [6.07, 6.45) is 1.20. The maximum atomic E-state index is 10.8. The van der Waals surface area contributed by atoms with E-state index in [1.807, 2.05) is 13.0 Å². The van der Waals surface area contributed by atoms with Gasteiger partial charge in [-0.15, -0.1) is 0 Å². The van der Waals surface area contributed by atoms with Crippen molar-refractivity contribution in [1.29, 1.82) is 0 Å². The quantitative estimate of drug-likeness (QED) is 0.544. The third-order valence-corrected chi connectivity index (χ3v) is 2.64. The van der Waals surface area contributed by atoms with Gasteiger partial charge in [-0.1, -0.05) is 11.6 Å². The molecule has 2 unspecified atom stereocenters. The second kappa shape index (κ2) is 2.23. The van der Waals surface area contributed by atoms with E-state index in [0.717, 1.165) is 0 Å². The molecular formula is C8H11NO3. The molecule has 0 aromatic heterocycles. The Morgan fingerprint density at radius 2 is 2.58 bits per heavy atom. The van der Waals surface area contributed by atoms with Crippen molar-refractivity contribution >= 4 is 6.09 Å². The summed E-state index contributed by atoms with van der Waals surface area (Å²) >= 11 is 0. The zero-order chi connectivity index (χ0) is 8.77. The van der Waals surface area contributed by atoms with Crippen molar-refractivity contribution in [2.45, 2.75) is 13.0 Å². The number of rotatable bonds is 1. The number of amides is 1. The molecule has 1 heterocycles. The SMILES string of the molecule is CC1=CC12CNC(=O)OC2CO. The van der Waals surface area contributed by atoms with Gasteiger partial charge < -0.3 is 15.2 Å². The highest BCUT2D eigenvalue weighted by Gasteiger charge is 2.52. The number of ether oxygens (including phenoxy) is 1. The molecule has 4 heteroatoms. The van der Waals surface area contributed by atoms with Crippen LogP contribution in [0.15, 0.2) is 11.6 Å². The molecule has 0 saturated carbocycles. The summed E-state index contributed by atoms with van der Waals surface area (Å²) < 4.78 is 4.93. The number of hydrogen-bond donors (Lipinski definition) is 2. The van der Waals surface area contributed by atoms with Crippen LogP contribution < -0.4 is 5.32 Å². The first-order valence-corrected chi connectivity index (χ1v) is 3.94. The third kappa shape index (κ3) is 0.845. The molecule has 0 radical (unpaired) electrons. The van der Waals surface area contributed by atoms with Crippen LogP contribution >= 0.6 is 0 Å². The first kappa shape index (κ1) is 7.61. The Hall–Kier alpha value is -1.03. The average molecular weight is 169 g/mol. The standard InChI is InChI=1S/C8H11NO3/c1-5-2-8(5)4-9-7(11)12-6(8)3-10/h2,6,10H,3-4H2,1H3,(H,9,11). The van der Waals surface area contributed by atoms with Crippen LogP contribution in [0, 0.1) is 5.41 Å². The lowest BCUT2D eigenvalue weighted by Gasteiger charge is -2.32. The molecule has 1 aliphatic carbocycles. The monoisotopic (exact) mass is 169 g/mol. The van der Waals surface area contributed by atoms with E-state index in [-0.39, 0.29) is 18.1 Å². The van der Waals surface area contributed by atoms with Crippen molar-refractivity contribution in [3.8, 4) is 0 Å². The number of alkyl carbamates (subject to hydrolysis) is 1. The number of aliphatic hydroxyl groups excluding tert-OH is 1. The number of hydrogen-bond acceptors (Lipinski definition) is 3. The van der Waals surface area contributed by atoms with Crippen molar-refractivity contribution in [3.05, 3.63) is 11.6 Å². The summed E-state index contributed by atoms with van der Waals surface area (Å²) in [5.41, 5.74) is 1.00. The molecule has 4 nitrogen and oxygen atoms in total. The van der Waals surface area contributed by atoms with Crippen molar-refractivity contribution in [3.63, 3.8) is 0 Å². The topological polar surface area (TPSA) is 58.6 Å². The second-order valence-corrected chi connectivity index (χ2v) is 3.30. The minimum atomic E-state index is -0.437. The maximum absolute atomic E-state index is 10.8. The maximum Gasteiger partial charge on any atom is 0.407 e. The zero-order valence-corrected chi connectivity index (χ0v) is 6.83. The molecule has 0 aromatic rings. The summed E-state index contributed by atoms with van der Waals surface area (Å²) in [5.74, 6) is 0. The van der Waals surface area contributed by atoms with E-state index >= 15 is 0 Å².